The van der Waals surface area contributed by atoms with Crippen LogP contribution in [0, 0.1) is 5.82 Å². The fourth-order valence-electron chi connectivity index (χ4n) is 4.31. The number of H-pyrrole nitrogens is 2. The van der Waals surface area contributed by atoms with E-state index in [1.165, 1.54) is 12.1 Å². The molecule has 2 N–H and O–H groups in total. The van der Waals surface area contributed by atoms with Crippen LogP contribution in [-0.4, -0.2) is 62.3 Å². The van der Waals surface area contributed by atoms with E-state index >= 15 is 0 Å². The smallest absolute Gasteiger partial charge is 0.181 e. The number of pyridine rings is 3. The largest absolute Gasteiger partial charge is 0.491 e. The van der Waals surface area contributed by atoms with E-state index < -0.39 is 0 Å². The van der Waals surface area contributed by atoms with Crippen LogP contribution in [0.2, 0.25) is 0 Å². The zero-order valence-electron chi connectivity index (χ0n) is 20.4. The molecule has 0 aliphatic heterocycles. The fraction of sp³-hybridized carbons (Fsp3) is 0.143. The Kier molecular flexibility index (Phi) is 5.82. The third-order valence-corrected chi connectivity index (χ3v) is 6.23. The maximum Gasteiger partial charge on any atom is 0.181 e. The number of aromatic nitrogens is 6. The predicted octanol–water partition coefficient (Wildman–Crippen LogP) is 5.31. The number of hydrogen-bond acceptors (Lipinski definition) is 6. The highest BCUT2D eigenvalue weighted by molar-refractivity contribution is 6.00. The second-order valence-corrected chi connectivity index (χ2v) is 9.09. The minimum atomic E-state index is -0.272. The molecule has 8 nitrogen and oxygen atoms in total. The van der Waals surface area contributed by atoms with Crippen molar-refractivity contribution < 1.29 is 9.13 Å². The van der Waals surface area contributed by atoms with E-state index in [0.717, 1.165) is 56.5 Å². The molecule has 6 aromatic rings. The van der Waals surface area contributed by atoms with E-state index in [9.17, 15) is 4.39 Å². The normalized spacial score (nSPS) is 11.6. The SMILES string of the molecule is CN(C)CCOc1cncc(-c2cnc3n[nH]c(-c4cc5c(-c6ccc(F)cc6)cncc5[nH]4)c3c2)c1. The van der Waals surface area contributed by atoms with Crippen LogP contribution in [0.25, 0.3) is 55.6 Å². The molecule has 0 aliphatic carbocycles. The van der Waals surface area contributed by atoms with E-state index in [1.54, 1.807) is 43.1 Å². The molecule has 184 valence electrons. The average Bonchev–Trinajstić information content (AvgIpc) is 3.53. The molecule has 0 fully saturated rings. The van der Waals surface area contributed by atoms with Crippen molar-refractivity contribution in [2.75, 3.05) is 27.2 Å². The molecule has 0 aliphatic rings. The molecule has 0 atom stereocenters. The van der Waals surface area contributed by atoms with Gasteiger partial charge in [0.15, 0.2) is 5.65 Å². The standard InChI is InChI=1S/C28H24FN7O/c1-36(2)7-8-37-21-9-18(12-30-14-21)19-10-23-27(34-35-28(23)32-13-19)25-11-22-24(15-31-16-26(22)33-25)17-3-5-20(29)6-4-17/h3-6,9-16,33H,7-8H2,1-2H3,(H,32,34,35). The van der Waals surface area contributed by atoms with Crippen molar-refractivity contribution in [1.82, 2.24) is 35.0 Å². The fourth-order valence-corrected chi connectivity index (χ4v) is 4.31. The number of likely N-dealkylation sites (N-methyl/N-ethyl adjacent to an activating group) is 1. The lowest BCUT2D eigenvalue weighted by Crippen LogP contribution is -2.19. The molecule has 0 spiro atoms. The van der Waals surface area contributed by atoms with Crippen LogP contribution in [0.4, 0.5) is 4.39 Å². The van der Waals surface area contributed by atoms with Gasteiger partial charge in [0.2, 0.25) is 0 Å². The van der Waals surface area contributed by atoms with Crippen molar-refractivity contribution in [2.24, 2.45) is 0 Å². The van der Waals surface area contributed by atoms with Crippen LogP contribution in [-0.2, 0) is 0 Å². The summed E-state index contributed by atoms with van der Waals surface area (Å²) in [6.45, 7) is 1.40. The maximum atomic E-state index is 13.5. The van der Waals surface area contributed by atoms with E-state index in [2.05, 4.69) is 41.1 Å². The van der Waals surface area contributed by atoms with Crippen molar-refractivity contribution in [1.29, 1.82) is 0 Å². The number of fused-ring (bicyclic) bond motifs is 2. The molecule has 9 heteroatoms. The molecular formula is C28H24FN7O. The van der Waals surface area contributed by atoms with Crippen molar-refractivity contribution in [3.05, 3.63) is 79.3 Å². The molecule has 1 aromatic carbocycles. The number of nitrogens with zero attached hydrogens (tertiary/aromatic N) is 5. The number of benzene rings is 1. The van der Waals surface area contributed by atoms with Crippen molar-refractivity contribution in [2.45, 2.75) is 0 Å². The number of nitrogens with one attached hydrogen (secondary N) is 2. The predicted molar refractivity (Wildman–Crippen MR) is 142 cm³/mol. The number of ether oxygens (including phenoxy) is 1. The minimum absolute atomic E-state index is 0.272. The third-order valence-electron chi connectivity index (χ3n) is 6.23. The van der Waals surface area contributed by atoms with Crippen LogP contribution in [0.15, 0.2) is 73.4 Å². The summed E-state index contributed by atoms with van der Waals surface area (Å²) in [6, 6.07) is 12.5. The van der Waals surface area contributed by atoms with Crippen molar-refractivity contribution in [3.8, 4) is 39.4 Å². The van der Waals surface area contributed by atoms with Crippen molar-refractivity contribution >= 4 is 21.9 Å². The molecule has 0 amide bonds. The maximum absolute atomic E-state index is 13.5. The first-order chi connectivity index (χ1) is 18.0. The molecule has 5 heterocycles. The van der Waals surface area contributed by atoms with Crippen LogP contribution in [0.1, 0.15) is 0 Å². The monoisotopic (exact) mass is 493 g/mol. The molecule has 0 unspecified atom stereocenters. The summed E-state index contributed by atoms with van der Waals surface area (Å²) in [5.41, 5.74) is 6.78. The van der Waals surface area contributed by atoms with Gasteiger partial charge in [0, 0.05) is 52.6 Å². The Balaban J connectivity index is 1.37. The number of halogens is 1. The first-order valence-corrected chi connectivity index (χ1v) is 11.9. The summed E-state index contributed by atoms with van der Waals surface area (Å²) >= 11 is 0. The second-order valence-electron chi connectivity index (χ2n) is 9.09. The Morgan fingerprint density at radius 1 is 0.865 bits per heavy atom. The molecular weight excluding hydrogens is 469 g/mol. The second kappa shape index (κ2) is 9.44. The zero-order valence-corrected chi connectivity index (χ0v) is 20.4. The highest BCUT2D eigenvalue weighted by Gasteiger charge is 2.15. The van der Waals surface area contributed by atoms with E-state index in [0.29, 0.717) is 18.0 Å². The highest BCUT2D eigenvalue weighted by atomic mass is 19.1. The Hall–Kier alpha value is -4.63. The summed E-state index contributed by atoms with van der Waals surface area (Å²) in [5, 5.41) is 9.39. The lowest BCUT2D eigenvalue weighted by atomic mass is 10.0. The summed E-state index contributed by atoms with van der Waals surface area (Å²) in [5.74, 6) is 0.440. The van der Waals surface area contributed by atoms with Gasteiger partial charge in [0.05, 0.1) is 29.3 Å². The van der Waals surface area contributed by atoms with Gasteiger partial charge in [-0.3, -0.25) is 15.1 Å². The van der Waals surface area contributed by atoms with Crippen LogP contribution >= 0.6 is 0 Å². The summed E-state index contributed by atoms with van der Waals surface area (Å²) in [4.78, 5) is 18.8. The summed E-state index contributed by atoms with van der Waals surface area (Å²) < 4.78 is 19.3. The van der Waals surface area contributed by atoms with Gasteiger partial charge in [0.25, 0.3) is 0 Å². The Labute approximate surface area is 212 Å². The topological polar surface area (TPSA) is 95.6 Å². The van der Waals surface area contributed by atoms with Gasteiger partial charge < -0.3 is 14.6 Å². The molecule has 37 heavy (non-hydrogen) atoms. The van der Waals surface area contributed by atoms with Gasteiger partial charge in [0.1, 0.15) is 18.2 Å². The molecule has 6 rings (SSSR count). The van der Waals surface area contributed by atoms with Gasteiger partial charge in [-0.15, -0.1) is 0 Å². The van der Waals surface area contributed by atoms with E-state index in [-0.39, 0.29) is 5.82 Å². The quantitative estimate of drug-likeness (QED) is 0.313. The first-order valence-electron chi connectivity index (χ1n) is 11.9. The number of aromatic amines is 2. The lowest BCUT2D eigenvalue weighted by molar-refractivity contribution is 0.261. The molecule has 0 saturated heterocycles. The van der Waals surface area contributed by atoms with Gasteiger partial charge in [-0.2, -0.15) is 5.10 Å². The van der Waals surface area contributed by atoms with Gasteiger partial charge in [-0.25, -0.2) is 9.37 Å². The number of rotatable bonds is 7. The first kappa shape index (κ1) is 22.8. The Morgan fingerprint density at radius 2 is 1.68 bits per heavy atom. The molecule has 0 bridgehead atoms. The van der Waals surface area contributed by atoms with Crippen molar-refractivity contribution in [3.63, 3.8) is 0 Å². The third kappa shape index (κ3) is 4.52. The molecule has 5 aromatic heterocycles. The van der Waals surface area contributed by atoms with Gasteiger partial charge >= 0.3 is 0 Å². The Bertz CT molecular complexity index is 1710. The average molecular weight is 494 g/mol. The minimum Gasteiger partial charge on any atom is -0.491 e. The summed E-state index contributed by atoms with van der Waals surface area (Å²) in [7, 11) is 4.02. The summed E-state index contributed by atoms with van der Waals surface area (Å²) in [6.07, 6.45) is 8.87. The highest BCUT2D eigenvalue weighted by Crippen LogP contribution is 2.34. The lowest BCUT2D eigenvalue weighted by Gasteiger charge is -2.11. The van der Waals surface area contributed by atoms with E-state index in [1.807, 2.05) is 26.2 Å². The van der Waals surface area contributed by atoms with Crippen LogP contribution in [0.5, 0.6) is 5.75 Å². The molecule has 0 radical (unpaired) electrons. The van der Waals surface area contributed by atoms with Gasteiger partial charge in [-0.1, -0.05) is 12.1 Å². The van der Waals surface area contributed by atoms with Crippen LogP contribution in [0.3, 0.4) is 0 Å². The van der Waals surface area contributed by atoms with E-state index in [4.69, 9.17) is 4.74 Å². The Morgan fingerprint density at radius 3 is 2.51 bits per heavy atom. The van der Waals surface area contributed by atoms with Gasteiger partial charge in [-0.05, 0) is 50.0 Å². The van der Waals surface area contributed by atoms with Crippen LogP contribution < -0.4 is 4.74 Å². The zero-order chi connectivity index (χ0) is 25.4. The number of hydrogen-bond donors (Lipinski definition) is 2. The molecule has 0 saturated carbocycles.